The van der Waals surface area contributed by atoms with Gasteiger partial charge in [0.15, 0.2) is 5.78 Å². The van der Waals surface area contributed by atoms with Gasteiger partial charge >= 0.3 is 0 Å². The van der Waals surface area contributed by atoms with Gasteiger partial charge in [0.2, 0.25) is 5.91 Å². The van der Waals surface area contributed by atoms with Crippen LogP contribution in [0.25, 0.3) is 0 Å². The Morgan fingerprint density at radius 2 is 1.84 bits per heavy atom. The molecule has 3 rings (SSSR count). The molecule has 1 fully saturated rings. The molecule has 1 amide bonds. The minimum atomic E-state index is -0.178. The molecule has 0 heterocycles. The van der Waals surface area contributed by atoms with E-state index >= 15 is 0 Å². The lowest BCUT2D eigenvalue weighted by molar-refractivity contribution is -0.125. The highest BCUT2D eigenvalue weighted by Crippen LogP contribution is 2.26. The van der Waals surface area contributed by atoms with Crippen LogP contribution in [-0.4, -0.2) is 17.7 Å². The Balaban J connectivity index is 1.70. The van der Waals surface area contributed by atoms with Crippen LogP contribution in [0.5, 0.6) is 0 Å². The van der Waals surface area contributed by atoms with Crippen molar-refractivity contribution >= 4 is 11.7 Å². The maximum atomic E-state index is 12.2. The number of rotatable bonds is 2. The highest BCUT2D eigenvalue weighted by molar-refractivity contribution is 6.01. The monoisotopic (exact) mass is 257 g/mol. The van der Waals surface area contributed by atoms with Crippen LogP contribution in [-0.2, 0) is 11.2 Å². The van der Waals surface area contributed by atoms with E-state index in [0.29, 0.717) is 18.9 Å². The summed E-state index contributed by atoms with van der Waals surface area (Å²) in [4.78, 5) is 24.3. The number of amides is 1. The van der Waals surface area contributed by atoms with E-state index < -0.39 is 0 Å². The van der Waals surface area contributed by atoms with Crippen molar-refractivity contribution in [2.75, 3.05) is 0 Å². The fraction of sp³-hybridized carbons (Fsp3) is 0.500. The molecule has 1 aromatic rings. The lowest BCUT2D eigenvalue weighted by atomic mass is 9.82. The fourth-order valence-corrected chi connectivity index (χ4v) is 3.22. The first kappa shape index (κ1) is 12.4. The summed E-state index contributed by atoms with van der Waals surface area (Å²) in [6.07, 6.45) is 5.64. The standard InChI is InChI=1S/C16H19NO2/c18-15-10-12(9-11-5-1-4-8-14(11)15)16(19)17-13-6-2-3-7-13/h1,4-5,8,12-13H,2-3,6-7,9-10H2,(H,17,19). The number of hydrogen-bond acceptors (Lipinski definition) is 2. The van der Waals surface area contributed by atoms with Gasteiger partial charge in [0, 0.05) is 23.9 Å². The number of Topliss-reactive ketones (excluding diaryl/α,β-unsaturated/α-hetero) is 1. The number of nitrogens with one attached hydrogen (secondary N) is 1. The molecule has 0 saturated heterocycles. The second-order valence-corrected chi connectivity index (χ2v) is 5.68. The third kappa shape index (κ3) is 2.55. The van der Waals surface area contributed by atoms with Crippen molar-refractivity contribution in [2.45, 2.75) is 44.6 Å². The van der Waals surface area contributed by atoms with Crippen LogP contribution < -0.4 is 5.32 Å². The molecule has 1 atom stereocenters. The number of carbonyl (C=O) groups is 2. The van der Waals surface area contributed by atoms with Crippen LogP contribution in [0.3, 0.4) is 0 Å². The zero-order valence-corrected chi connectivity index (χ0v) is 11.0. The van der Waals surface area contributed by atoms with E-state index in [-0.39, 0.29) is 17.6 Å². The van der Waals surface area contributed by atoms with Gasteiger partial charge in [-0.15, -0.1) is 0 Å². The normalized spacial score (nSPS) is 23.2. The van der Waals surface area contributed by atoms with E-state index in [1.54, 1.807) is 0 Å². The minimum absolute atomic E-state index is 0.0646. The van der Waals surface area contributed by atoms with Gasteiger partial charge in [-0.05, 0) is 24.8 Å². The SMILES string of the molecule is O=C1CC(C(=O)NC2CCCC2)Cc2ccccc21. The average molecular weight is 257 g/mol. The number of hydrogen-bond donors (Lipinski definition) is 1. The van der Waals surface area contributed by atoms with Crippen LogP contribution >= 0.6 is 0 Å². The van der Waals surface area contributed by atoms with E-state index in [4.69, 9.17) is 0 Å². The lowest BCUT2D eigenvalue weighted by Gasteiger charge is -2.24. The van der Waals surface area contributed by atoms with E-state index in [1.807, 2.05) is 24.3 Å². The second-order valence-electron chi connectivity index (χ2n) is 5.68. The van der Waals surface area contributed by atoms with Gasteiger partial charge in [0.05, 0.1) is 0 Å². The van der Waals surface area contributed by atoms with Gasteiger partial charge < -0.3 is 5.32 Å². The molecule has 0 spiro atoms. The van der Waals surface area contributed by atoms with Gasteiger partial charge in [-0.2, -0.15) is 0 Å². The first-order valence-electron chi connectivity index (χ1n) is 7.15. The van der Waals surface area contributed by atoms with Crippen LogP contribution in [0.15, 0.2) is 24.3 Å². The molecule has 19 heavy (non-hydrogen) atoms. The second kappa shape index (κ2) is 5.16. The lowest BCUT2D eigenvalue weighted by Crippen LogP contribution is -2.40. The van der Waals surface area contributed by atoms with E-state index in [9.17, 15) is 9.59 Å². The third-order valence-electron chi connectivity index (χ3n) is 4.29. The Morgan fingerprint density at radius 1 is 1.11 bits per heavy atom. The zero-order valence-electron chi connectivity index (χ0n) is 11.0. The van der Waals surface area contributed by atoms with Crippen molar-refractivity contribution in [1.29, 1.82) is 0 Å². The number of carbonyl (C=O) groups excluding carboxylic acids is 2. The zero-order chi connectivity index (χ0) is 13.2. The molecule has 1 unspecified atom stereocenters. The van der Waals surface area contributed by atoms with Crippen molar-refractivity contribution in [1.82, 2.24) is 5.32 Å². The molecular formula is C16H19NO2. The molecule has 2 aliphatic rings. The van der Waals surface area contributed by atoms with Crippen LogP contribution in [0, 0.1) is 5.92 Å². The van der Waals surface area contributed by atoms with Crippen molar-refractivity contribution < 1.29 is 9.59 Å². The van der Waals surface area contributed by atoms with Crippen LogP contribution in [0.1, 0.15) is 48.0 Å². The molecule has 0 bridgehead atoms. The molecule has 2 aliphatic carbocycles. The molecule has 0 aliphatic heterocycles. The maximum absolute atomic E-state index is 12.2. The molecular weight excluding hydrogens is 238 g/mol. The van der Waals surface area contributed by atoms with Gasteiger partial charge in [0.1, 0.15) is 0 Å². The predicted octanol–water partition coefficient (Wildman–Crippen LogP) is 2.49. The molecule has 1 aromatic carbocycles. The van der Waals surface area contributed by atoms with Crippen LogP contribution in [0.4, 0.5) is 0 Å². The van der Waals surface area contributed by atoms with E-state index in [2.05, 4.69) is 5.32 Å². The number of fused-ring (bicyclic) bond motifs is 1. The Hall–Kier alpha value is -1.64. The Labute approximate surface area is 113 Å². The van der Waals surface area contributed by atoms with E-state index in [1.165, 1.54) is 12.8 Å². The smallest absolute Gasteiger partial charge is 0.224 e. The summed E-state index contributed by atoms with van der Waals surface area (Å²) in [5, 5.41) is 3.11. The topological polar surface area (TPSA) is 46.2 Å². The predicted molar refractivity (Wildman–Crippen MR) is 73.0 cm³/mol. The summed E-state index contributed by atoms with van der Waals surface area (Å²) in [5.41, 5.74) is 1.82. The van der Waals surface area contributed by atoms with Crippen molar-refractivity contribution in [2.24, 2.45) is 5.92 Å². The van der Waals surface area contributed by atoms with Crippen molar-refractivity contribution in [3.63, 3.8) is 0 Å². The average Bonchev–Trinajstić information content (AvgIpc) is 2.91. The summed E-state index contributed by atoms with van der Waals surface area (Å²) in [5.74, 6) is -0.00817. The molecule has 100 valence electrons. The summed E-state index contributed by atoms with van der Waals surface area (Å²) in [7, 11) is 0. The van der Waals surface area contributed by atoms with Gasteiger partial charge in [-0.3, -0.25) is 9.59 Å². The Kier molecular flexibility index (Phi) is 3.36. The summed E-state index contributed by atoms with van der Waals surface area (Å²) < 4.78 is 0. The largest absolute Gasteiger partial charge is 0.353 e. The van der Waals surface area contributed by atoms with Gasteiger partial charge in [-0.25, -0.2) is 0 Å². The quantitative estimate of drug-likeness (QED) is 0.884. The molecule has 0 radical (unpaired) electrons. The first-order valence-corrected chi connectivity index (χ1v) is 7.15. The summed E-state index contributed by atoms with van der Waals surface area (Å²) in [6, 6.07) is 7.98. The highest BCUT2D eigenvalue weighted by Gasteiger charge is 2.30. The molecule has 1 N–H and O–H groups in total. The number of ketones is 1. The van der Waals surface area contributed by atoms with Crippen molar-refractivity contribution in [3.8, 4) is 0 Å². The Bertz CT molecular complexity index is 503. The minimum Gasteiger partial charge on any atom is -0.353 e. The molecule has 0 aromatic heterocycles. The molecule has 3 heteroatoms. The molecule has 1 saturated carbocycles. The summed E-state index contributed by atoms with van der Waals surface area (Å²) >= 11 is 0. The van der Waals surface area contributed by atoms with Gasteiger partial charge in [0.25, 0.3) is 0 Å². The fourth-order valence-electron chi connectivity index (χ4n) is 3.22. The number of benzene rings is 1. The van der Waals surface area contributed by atoms with Gasteiger partial charge in [-0.1, -0.05) is 37.1 Å². The third-order valence-corrected chi connectivity index (χ3v) is 4.29. The maximum Gasteiger partial charge on any atom is 0.224 e. The Morgan fingerprint density at radius 3 is 2.63 bits per heavy atom. The molecule has 3 nitrogen and oxygen atoms in total. The first-order chi connectivity index (χ1) is 9.24. The van der Waals surface area contributed by atoms with E-state index in [0.717, 1.165) is 24.0 Å². The summed E-state index contributed by atoms with van der Waals surface area (Å²) in [6.45, 7) is 0. The highest BCUT2D eigenvalue weighted by atomic mass is 16.2. The van der Waals surface area contributed by atoms with Crippen LogP contribution in [0.2, 0.25) is 0 Å². The van der Waals surface area contributed by atoms with Crippen molar-refractivity contribution in [3.05, 3.63) is 35.4 Å².